The van der Waals surface area contributed by atoms with Crippen LogP contribution in [0.3, 0.4) is 0 Å². The first-order valence-electron chi connectivity index (χ1n) is 9.31. The van der Waals surface area contributed by atoms with Crippen molar-refractivity contribution >= 4 is 22.8 Å². The van der Waals surface area contributed by atoms with E-state index in [2.05, 4.69) is 17.2 Å². The molecule has 1 saturated heterocycles. The molecule has 2 aliphatic rings. The molecule has 1 saturated carbocycles. The molecule has 1 aliphatic heterocycles. The first kappa shape index (κ1) is 17.9. The minimum Gasteiger partial charge on any atom is -0.477 e. The van der Waals surface area contributed by atoms with Crippen molar-refractivity contribution in [3.05, 3.63) is 33.9 Å². The Morgan fingerprint density at radius 1 is 1.41 bits per heavy atom. The summed E-state index contributed by atoms with van der Waals surface area (Å²) in [6.07, 6.45) is 4.09. The van der Waals surface area contributed by atoms with Crippen molar-refractivity contribution in [2.75, 3.05) is 25.0 Å². The van der Waals surface area contributed by atoms with E-state index in [9.17, 15) is 19.1 Å². The molecule has 0 aromatic carbocycles. The van der Waals surface area contributed by atoms with Gasteiger partial charge in [0.25, 0.3) is 0 Å². The molecule has 8 heteroatoms. The number of hydrogen-bond acceptors (Lipinski definition) is 5. The van der Waals surface area contributed by atoms with Gasteiger partial charge in [-0.3, -0.25) is 4.79 Å². The molecule has 0 radical (unpaired) electrons. The van der Waals surface area contributed by atoms with Gasteiger partial charge in [-0.15, -0.1) is 0 Å². The number of nitrogens with zero attached hydrogens (tertiary/aromatic N) is 3. The fourth-order valence-corrected chi connectivity index (χ4v) is 3.87. The Balaban J connectivity index is 1.82. The topological polar surface area (TPSA) is 87.5 Å². The van der Waals surface area contributed by atoms with E-state index in [1.54, 1.807) is 4.57 Å². The van der Waals surface area contributed by atoms with Crippen molar-refractivity contribution in [1.29, 1.82) is 0 Å². The first-order valence-corrected chi connectivity index (χ1v) is 9.31. The molecule has 4 rings (SSSR count). The van der Waals surface area contributed by atoms with Gasteiger partial charge in [0.05, 0.1) is 5.39 Å². The third-order valence-corrected chi connectivity index (χ3v) is 5.80. The van der Waals surface area contributed by atoms with E-state index in [0.29, 0.717) is 30.7 Å². The van der Waals surface area contributed by atoms with E-state index in [1.807, 2.05) is 11.9 Å². The Bertz CT molecular complexity index is 970. The van der Waals surface area contributed by atoms with Crippen LogP contribution in [0.4, 0.5) is 10.2 Å². The zero-order valence-corrected chi connectivity index (χ0v) is 15.4. The number of pyridine rings is 2. The molecular formula is C19H23FN4O3. The van der Waals surface area contributed by atoms with Gasteiger partial charge in [0.1, 0.15) is 11.2 Å². The molecule has 2 atom stereocenters. The minimum absolute atomic E-state index is 0.0300. The Hall–Kier alpha value is -2.48. The molecule has 2 aromatic heterocycles. The summed E-state index contributed by atoms with van der Waals surface area (Å²) in [6.45, 7) is 3.50. The van der Waals surface area contributed by atoms with Gasteiger partial charge in [-0.05, 0) is 45.2 Å². The van der Waals surface area contributed by atoms with Crippen LogP contribution in [0.25, 0.3) is 11.0 Å². The lowest BCUT2D eigenvalue weighted by molar-refractivity contribution is 0.0695. The summed E-state index contributed by atoms with van der Waals surface area (Å²) in [7, 11) is 1.91. The van der Waals surface area contributed by atoms with Crippen LogP contribution in [0.15, 0.2) is 17.1 Å². The summed E-state index contributed by atoms with van der Waals surface area (Å²) in [5.74, 6) is -1.25. The molecule has 7 nitrogen and oxygen atoms in total. The second kappa shape index (κ2) is 6.60. The Morgan fingerprint density at radius 2 is 2.15 bits per heavy atom. The smallest absolute Gasteiger partial charge is 0.341 e. The molecule has 0 bridgehead atoms. The van der Waals surface area contributed by atoms with E-state index < -0.39 is 17.2 Å². The monoisotopic (exact) mass is 374 g/mol. The SMILES string of the molecule is CNC(C)C1CCN(c2nc3c(cc2F)c(=O)c(C(=O)O)cn3C2CC2)C1. The Labute approximate surface area is 155 Å². The van der Waals surface area contributed by atoms with Crippen LogP contribution >= 0.6 is 0 Å². The van der Waals surface area contributed by atoms with Gasteiger partial charge in [0.15, 0.2) is 11.6 Å². The highest BCUT2D eigenvalue weighted by Crippen LogP contribution is 2.37. The second-order valence-corrected chi connectivity index (χ2v) is 7.55. The lowest BCUT2D eigenvalue weighted by Gasteiger charge is -2.22. The highest BCUT2D eigenvalue weighted by Gasteiger charge is 2.31. The summed E-state index contributed by atoms with van der Waals surface area (Å²) in [5.41, 5.74) is -0.656. The zero-order chi connectivity index (χ0) is 19.3. The highest BCUT2D eigenvalue weighted by molar-refractivity contribution is 5.92. The molecule has 2 unspecified atom stereocenters. The number of fused-ring (bicyclic) bond motifs is 1. The largest absolute Gasteiger partial charge is 0.477 e. The Kier molecular flexibility index (Phi) is 4.38. The number of carboxylic acids is 1. The van der Waals surface area contributed by atoms with E-state index in [1.165, 1.54) is 6.20 Å². The van der Waals surface area contributed by atoms with Crippen LogP contribution in [0.5, 0.6) is 0 Å². The highest BCUT2D eigenvalue weighted by atomic mass is 19.1. The number of aromatic nitrogens is 2. The van der Waals surface area contributed by atoms with Crippen molar-refractivity contribution < 1.29 is 14.3 Å². The van der Waals surface area contributed by atoms with E-state index in [-0.39, 0.29) is 22.8 Å². The average Bonchev–Trinajstić information content (AvgIpc) is 3.37. The maximum absolute atomic E-state index is 14.8. The number of anilines is 1. The standard InChI is InChI=1S/C19H23FN4O3/c1-10(21-2)11-5-6-23(8-11)18-15(20)7-13-16(25)14(19(26)27)9-24(12-3-4-12)17(13)22-18/h7,9-12,21H,3-6,8H2,1-2H3,(H,26,27). The molecule has 0 amide bonds. The maximum atomic E-state index is 14.8. The summed E-state index contributed by atoms with van der Waals surface area (Å²) >= 11 is 0. The van der Waals surface area contributed by atoms with Gasteiger partial charge in [0, 0.05) is 31.4 Å². The average molecular weight is 374 g/mol. The van der Waals surface area contributed by atoms with E-state index in [4.69, 9.17) is 0 Å². The molecule has 27 heavy (non-hydrogen) atoms. The fraction of sp³-hybridized carbons (Fsp3) is 0.526. The van der Waals surface area contributed by atoms with Crippen LogP contribution in [-0.4, -0.2) is 46.8 Å². The maximum Gasteiger partial charge on any atom is 0.341 e. The molecule has 2 N–H and O–H groups in total. The summed E-state index contributed by atoms with van der Waals surface area (Å²) in [4.78, 5) is 30.3. The van der Waals surface area contributed by atoms with Crippen molar-refractivity contribution in [3.8, 4) is 0 Å². The van der Waals surface area contributed by atoms with E-state index in [0.717, 1.165) is 25.3 Å². The number of carbonyl (C=O) groups is 1. The molecule has 2 fully saturated rings. The quantitative estimate of drug-likeness (QED) is 0.832. The zero-order valence-electron chi connectivity index (χ0n) is 15.4. The normalized spacial score (nSPS) is 21.0. The Morgan fingerprint density at radius 3 is 2.78 bits per heavy atom. The minimum atomic E-state index is -1.30. The van der Waals surface area contributed by atoms with Gasteiger partial charge >= 0.3 is 5.97 Å². The number of carboxylic acid groups (broad SMARTS) is 1. The number of rotatable bonds is 5. The van der Waals surface area contributed by atoms with Crippen molar-refractivity contribution in [1.82, 2.24) is 14.9 Å². The fourth-order valence-electron chi connectivity index (χ4n) is 3.87. The number of halogens is 1. The van der Waals surface area contributed by atoms with Crippen LogP contribution < -0.4 is 15.6 Å². The molecular weight excluding hydrogens is 351 g/mol. The van der Waals surface area contributed by atoms with Gasteiger partial charge in [-0.25, -0.2) is 14.2 Å². The number of aromatic carboxylic acids is 1. The van der Waals surface area contributed by atoms with Crippen LogP contribution in [0, 0.1) is 11.7 Å². The van der Waals surface area contributed by atoms with Crippen molar-refractivity contribution in [2.24, 2.45) is 5.92 Å². The van der Waals surface area contributed by atoms with Crippen molar-refractivity contribution in [3.63, 3.8) is 0 Å². The van der Waals surface area contributed by atoms with Gasteiger partial charge < -0.3 is 19.9 Å². The van der Waals surface area contributed by atoms with Gasteiger partial charge in [-0.2, -0.15) is 0 Å². The first-order chi connectivity index (χ1) is 12.9. The third-order valence-electron chi connectivity index (χ3n) is 5.80. The predicted octanol–water partition coefficient (Wildman–Crippen LogP) is 2.00. The van der Waals surface area contributed by atoms with Crippen LogP contribution in [0.1, 0.15) is 42.6 Å². The lowest BCUT2D eigenvalue weighted by atomic mass is 10.0. The molecule has 144 valence electrons. The lowest BCUT2D eigenvalue weighted by Crippen LogP contribution is -2.33. The molecule has 3 heterocycles. The summed E-state index contributed by atoms with van der Waals surface area (Å²) in [6, 6.07) is 1.59. The predicted molar refractivity (Wildman–Crippen MR) is 100 cm³/mol. The summed E-state index contributed by atoms with van der Waals surface area (Å²) in [5, 5.41) is 12.6. The van der Waals surface area contributed by atoms with Gasteiger partial charge in [0.2, 0.25) is 5.43 Å². The van der Waals surface area contributed by atoms with Crippen molar-refractivity contribution in [2.45, 2.75) is 38.3 Å². The van der Waals surface area contributed by atoms with Crippen LogP contribution in [-0.2, 0) is 0 Å². The van der Waals surface area contributed by atoms with Gasteiger partial charge in [-0.1, -0.05) is 0 Å². The number of nitrogens with one attached hydrogen (secondary N) is 1. The third kappa shape index (κ3) is 3.07. The summed E-state index contributed by atoms with van der Waals surface area (Å²) < 4.78 is 16.6. The van der Waals surface area contributed by atoms with E-state index >= 15 is 0 Å². The molecule has 1 aliphatic carbocycles. The second-order valence-electron chi connectivity index (χ2n) is 7.55. The molecule has 0 spiro atoms. The number of hydrogen-bond donors (Lipinski definition) is 2. The van der Waals surface area contributed by atoms with Crippen LogP contribution in [0.2, 0.25) is 0 Å². The molecule has 2 aromatic rings.